The predicted molar refractivity (Wildman–Crippen MR) is 82.8 cm³/mol. The van der Waals surface area contributed by atoms with E-state index in [2.05, 4.69) is 0 Å². The molecule has 1 unspecified atom stereocenters. The van der Waals surface area contributed by atoms with Crippen LogP contribution in [0.25, 0.3) is 0 Å². The number of ether oxygens (including phenoxy) is 1. The molecule has 0 N–H and O–H groups in total. The summed E-state index contributed by atoms with van der Waals surface area (Å²) in [5.74, 6) is -1.89. The zero-order chi connectivity index (χ0) is 16.8. The number of carbonyl (C=O) groups excluding carboxylic acids is 2. The number of carbonyl (C=O) groups is 2. The first-order valence-electron chi connectivity index (χ1n) is 7.99. The minimum Gasteiger partial charge on any atom is -0.457 e. The fourth-order valence-corrected chi connectivity index (χ4v) is 5.16. The van der Waals surface area contributed by atoms with Crippen molar-refractivity contribution in [3.05, 3.63) is 0 Å². The summed E-state index contributed by atoms with van der Waals surface area (Å²) in [4.78, 5) is 24.6. The van der Waals surface area contributed by atoms with Gasteiger partial charge in [-0.25, -0.2) is 4.79 Å². The largest absolute Gasteiger partial charge is 0.457 e. The van der Waals surface area contributed by atoms with Crippen molar-refractivity contribution in [2.75, 3.05) is 13.2 Å². The van der Waals surface area contributed by atoms with Gasteiger partial charge in [-0.1, -0.05) is 12.8 Å². The van der Waals surface area contributed by atoms with Crippen LogP contribution < -0.4 is 0 Å². The van der Waals surface area contributed by atoms with Gasteiger partial charge in [-0.05, 0) is 46.5 Å². The average molecular weight is 334 g/mol. The molecule has 0 aromatic rings. The number of Topliss-reactive ketones (excluding diaryl/α,β-unsaturated/α-hetero) is 1. The number of esters is 1. The Labute approximate surface area is 132 Å². The normalized spacial score (nSPS) is 17.7. The summed E-state index contributed by atoms with van der Waals surface area (Å²) in [6, 6.07) is 0. The molecule has 6 nitrogen and oxygen atoms in total. The maximum Gasteiger partial charge on any atom is 0.375 e. The SMILES string of the molecule is CCOP(=O)(OCC)C(C(=O)C(=O)OC(C)C)C1CCCC1. The van der Waals surface area contributed by atoms with Crippen molar-refractivity contribution in [3.8, 4) is 0 Å². The van der Waals surface area contributed by atoms with Gasteiger partial charge in [-0.15, -0.1) is 0 Å². The Morgan fingerprint density at radius 2 is 1.59 bits per heavy atom. The van der Waals surface area contributed by atoms with Gasteiger partial charge in [0.1, 0.15) is 5.66 Å². The summed E-state index contributed by atoms with van der Waals surface area (Å²) in [5.41, 5.74) is -1.05. The van der Waals surface area contributed by atoms with Crippen molar-refractivity contribution in [1.29, 1.82) is 0 Å². The van der Waals surface area contributed by atoms with Crippen LogP contribution in [0.3, 0.4) is 0 Å². The minimum atomic E-state index is -3.68. The standard InChI is InChI=1S/C15H27O6P/c1-5-19-22(18,20-6-2)14(12-9-7-8-10-12)13(16)15(17)21-11(3)4/h11-12,14H,5-10H2,1-4H3. The molecule has 0 aromatic carbocycles. The van der Waals surface area contributed by atoms with E-state index in [4.69, 9.17) is 13.8 Å². The zero-order valence-corrected chi connectivity index (χ0v) is 14.8. The third kappa shape index (κ3) is 4.90. The molecule has 1 aliphatic rings. The monoisotopic (exact) mass is 334 g/mol. The zero-order valence-electron chi connectivity index (χ0n) is 13.9. The molecule has 1 aliphatic carbocycles. The van der Waals surface area contributed by atoms with Crippen LogP contribution in [0.1, 0.15) is 53.4 Å². The fourth-order valence-electron chi connectivity index (χ4n) is 2.84. The van der Waals surface area contributed by atoms with E-state index in [1.54, 1.807) is 27.7 Å². The van der Waals surface area contributed by atoms with E-state index >= 15 is 0 Å². The topological polar surface area (TPSA) is 78.9 Å². The second-order valence-corrected chi connectivity index (χ2v) is 7.84. The van der Waals surface area contributed by atoms with Crippen LogP contribution in [-0.4, -0.2) is 36.7 Å². The maximum absolute atomic E-state index is 13.1. The molecular formula is C15H27O6P. The smallest absolute Gasteiger partial charge is 0.375 e. The first-order valence-corrected chi connectivity index (χ1v) is 9.60. The van der Waals surface area contributed by atoms with Crippen LogP contribution in [0.5, 0.6) is 0 Å². The van der Waals surface area contributed by atoms with Gasteiger partial charge < -0.3 is 13.8 Å². The van der Waals surface area contributed by atoms with Gasteiger partial charge in [-0.2, -0.15) is 0 Å². The molecule has 1 rings (SSSR count). The molecule has 0 heterocycles. The van der Waals surface area contributed by atoms with Gasteiger partial charge in [-0.3, -0.25) is 9.36 Å². The summed E-state index contributed by atoms with van der Waals surface area (Å²) in [7, 11) is -3.68. The number of rotatable bonds is 9. The Morgan fingerprint density at radius 3 is 2.00 bits per heavy atom. The first kappa shape index (κ1) is 19.3. The van der Waals surface area contributed by atoms with Crippen molar-refractivity contribution < 1.29 is 27.9 Å². The van der Waals surface area contributed by atoms with E-state index in [1.807, 2.05) is 0 Å². The second kappa shape index (κ2) is 8.80. The van der Waals surface area contributed by atoms with Gasteiger partial charge in [0.15, 0.2) is 0 Å². The Balaban J connectivity index is 3.08. The molecule has 22 heavy (non-hydrogen) atoms. The summed E-state index contributed by atoms with van der Waals surface area (Å²) >= 11 is 0. The van der Waals surface area contributed by atoms with E-state index in [0.717, 1.165) is 25.7 Å². The van der Waals surface area contributed by atoms with Crippen LogP contribution in [-0.2, 0) is 27.9 Å². The van der Waals surface area contributed by atoms with E-state index in [9.17, 15) is 14.2 Å². The average Bonchev–Trinajstić information content (AvgIpc) is 2.92. The van der Waals surface area contributed by atoms with Crippen LogP contribution in [0.15, 0.2) is 0 Å². The quantitative estimate of drug-likeness (QED) is 0.365. The van der Waals surface area contributed by atoms with Crippen molar-refractivity contribution in [1.82, 2.24) is 0 Å². The lowest BCUT2D eigenvalue weighted by Crippen LogP contribution is -2.37. The number of hydrogen-bond acceptors (Lipinski definition) is 6. The summed E-state index contributed by atoms with van der Waals surface area (Å²) in [6.07, 6.45) is 2.99. The molecule has 0 radical (unpaired) electrons. The lowest BCUT2D eigenvalue weighted by Gasteiger charge is -2.28. The molecule has 0 bridgehead atoms. The molecule has 0 saturated heterocycles. The van der Waals surface area contributed by atoms with Crippen LogP contribution in [0, 0.1) is 5.92 Å². The van der Waals surface area contributed by atoms with E-state index < -0.39 is 31.1 Å². The van der Waals surface area contributed by atoms with E-state index in [1.165, 1.54) is 0 Å². The highest BCUT2D eigenvalue weighted by atomic mass is 31.2. The fraction of sp³-hybridized carbons (Fsp3) is 0.867. The Morgan fingerprint density at radius 1 is 1.09 bits per heavy atom. The molecule has 7 heteroatoms. The van der Waals surface area contributed by atoms with Crippen LogP contribution in [0.4, 0.5) is 0 Å². The van der Waals surface area contributed by atoms with Crippen molar-refractivity contribution in [2.45, 2.75) is 65.1 Å². The Kier molecular flexibility index (Phi) is 7.74. The third-order valence-corrected chi connectivity index (χ3v) is 6.19. The lowest BCUT2D eigenvalue weighted by atomic mass is 10.0. The highest BCUT2D eigenvalue weighted by Gasteiger charge is 2.49. The predicted octanol–water partition coefficient (Wildman–Crippen LogP) is 3.33. The van der Waals surface area contributed by atoms with Crippen molar-refractivity contribution in [2.24, 2.45) is 5.92 Å². The van der Waals surface area contributed by atoms with Gasteiger partial charge >= 0.3 is 13.6 Å². The maximum atomic E-state index is 13.1. The van der Waals surface area contributed by atoms with E-state index in [0.29, 0.717) is 0 Å². The molecular weight excluding hydrogens is 307 g/mol. The van der Waals surface area contributed by atoms with Crippen molar-refractivity contribution in [3.63, 3.8) is 0 Å². The first-order chi connectivity index (χ1) is 10.4. The summed E-state index contributed by atoms with van der Waals surface area (Å²) in [6.45, 7) is 7.03. The Hall–Kier alpha value is -0.710. The molecule has 0 amide bonds. The summed E-state index contributed by atoms with van der Waals surface area (Å²) < 4.78 is 28.7. The highest BCUT2D eigenvalue weighted by Crippen LogP contribution is 2.58. The van der Waals surface area contributed by atoms with Gasteiger partial charge in [0.05, 0.1) is 19.3 Å². The molecule has 0 spiro atoms. The van der Waals surface area contributed by atoms with Crippen LogP contribution in [0.2, 0.25) is 0 Å². The third-order valence-electron chi connectivity index (χ3n) is 3.62. The van der Waals surface area contributed by atoms with E-state index in [-0.39, 0.29) is 19.1 Å². The number of hydrogen-bond donors (Lipinski definition) is 0. The number of ketones is 1. The minimum absolute atomic E-state index is 0.156. The lowest BCUT2D eigenvalue weighted by molar-refractivity contribution is -0.157. The van der Waals surface area contributed by atoms with Crippen LogP contribution >= 0.6 is 7.60 Å². The summed E-state index contributed by atoms with van der Waals surface area (Å²) in [5, 5.41) is 0. The van der Waals surface area contributed by atoms with Gasteiger partial charge in [0, 0.05) is 0 Å². The molecule has 0 aliphatic heterocycles. The molecule has 0 aromatic heterocycles. The molecule has 1 atom stereocenters. The highest BCUT2D eigenvalue weighted by molar-refractivity contribution is 7.56. The Bertz CT molecular complexity index is 418. The second-order valence-electron chi connectivity index (χ2n) is 5.68. The molecule has 128 valence electrons. The van der Waals surface area contributed by atoms with Gasteiger partial charge in [0.25, 0.3) is 5.78 Å². The van der Waals surface area contributed by atoms with Crippen molar-refractivity contribution >= 4 is 19.3 Å². The van der Waals surface area contributed by atoms with Gasteiger partial charge in [0.2, 0.25) is 0 Å². The molecule has 1 saturated carbocycles. The molecule has 1 fully saturated rings.